The topological polar surface area (TPSA) is 32.3 Å². The molecule has 0 spiro atoms. The largest absolute Gasteiger partial charge is 0.394 e. The molecule has 1 aliphatic rings. The molecule has 2 N–H and O–H groups in total. The predicted molar refractivity (Wildman–Crippen MR) is 47.9 cm³/mol. The molecule has 0 unspecified atom stereocenters. The van der Waals surface area contributed by atoms with E-state index in [0.29, 0.717) is 6.42 Å². The molecule has 0 bridgehead atoms. The Morgan fingerprint density at radius 1 is 1.54 bits per heavy atom. The van der Waals surface area contributed by atoms with Gasteiger partial charge in [-0.1, -0.05) is 12.1 Å². The maximum absolute atomic E-state index is 13.3. The molecule has 13 heavy (non-hydrogen) atoms. The molecule has 2 rings (SSSR count). The smallest absolute Gasteiger partial charge is 0.126 e. The Kier molecular flexibility index (Phi) is 2.29. The van der Waals surface area contributed by atoms with E-state index in [0.717, 1.165) is 17.7 Å². The molecule has 0 fully saturated rings. The molecule has 3 heteroatoms. The maximum Gasteiger partial charge on any atom is 0.126 e. The monoisotopic (exact) mass is 181 g/mol. The molecule has 0 aromatic heterocycles. The highest BCUT2D eigenvalue weighted by atomic mass is 19.1. The van der Waals surface area contributed by atoms with Crippen LogP contribution in [0.1, 0.15) is 17.2 Å². The zero-order valence-corrected chi connectivity index (χ0v) is 7.26. The predicted octanol–water partition coefficient (Wildman–Crippen LogP) is 1.00. The lowest BCUT2D eigenvalue weighted by Gasteiger charge is -2.25. The van der Waals surface area contributed by atoms with Crippen molar-refractivity contribution >= 4 is 0 Å². The van der Waals surface area contributed by atoms with Crippen LogP contribution in [0.15, 0.2) is 18.2 Å². The van der Waals surface area contributed by atoms with Crippen LogP contribution in [0.4, 0.5) is 4.39 Å². The number of fused-ring (bicyclic) bond motifs is 1. The quantitative estimate of drug-likeness (QED) is 0.677. The standard InChI is InChI=1S/C10H12FNO/c11-9-3-1-2-8-7(9)4-5-12-10(8)6-13/h1-3,10,12-13H,4-6H2/t10-/m0/s1. The second-order valence-electron chi connectivity index (χ2n) is 3.25. The maximum atomic E-state index is 13.3. The van der Waals surface area contributed by atoms with Crippen molar-refractivity contribution < 1.29 is 9.50 Å². The first kappa shape index (κ1) is 8.66. The molecular formula is C10H12FNO. The third kappa shape index (κ3) is 1.45. The number of aliphatic hydroxyl groups excluding tert-OH is 1. The Labute approximate surface area is 76.4 Å². The minimum absolute atomic E-state index is 0.0243. The second-order valence-corrected chi connectivity index (χ2v) is 3.25. The van der Waals surface area contributed by atoms with Crippen LogP contribution in [0.3, 0.4) is 0 Å². The van der Waals surface area contributed by atoms with Gasteiger partial charge in [-0.15, -0.1) is 0 Å². The van der Waals surface area contributed by atoms with Gasteiger partial charge >= 0.3 is 0 Å². The number of halogens is 1. The van der Waals surface area contributed by atoms with E-state index in [2.05, 4.69) is 5.32 Å². The Hall–Kier alpha value is -0.930. The molecule has 70 valence electrons. The van der Waals surface area contributed by atoms with E-state index in [4.69, 9.17) is 5.11 Å². The summed E-state index contributed by atoms with van der Waals surface area (Å²) in [5.74, 6) is -0.155. The molecule has 0 amide bonds. The molecule has 1 aromatic carbocycles. The molecule has 0 saturated carbocycles. The summed E-state index contributed by atoms with van der Waals surface area (Å²) in [6.07, 6.45) is 0.707. The molecule has 1 aromatic rings. The van der Waals surface area contributed by atoms with Gasteiger partial charge in [-0.2, -0.15) is 0 Å². The highest BCUT2D eigenvalue weighted by Gasteiger charge is 2.20. The van der Waals surface area contributed by atoms with E-state index in [1.807, 2.05) is 6.07 Å². The zero-order chi connectivity index (χ0) is 9.26. The van der Waals surface area contributed by atoms with Gasteiger partial charge in [-0.05, 0) is 30.2 Å². The summed E-state index contributed by atoms with van der Waals surface area (Å²) in [6.45, 7) is 0.760. The van der Waals surface area contributed by atoms with Crippen LogP contribution in [-0.4, -0.2) is 18.3 Å². The number of aliphatic hydroxyl groups is 1. The van der Waals surface area contributed by atoms with Gasteiger partial charge in [0.25, 0.3) is 0 Å². The number of benzene rings is 1. The first-order valence-corrected chi connectivity index (χ1v) is 4.44. The minimum Gasteiger partial charge on any atom is -0.394 e. The van der Waals surface area contributed by atoms with Crippen molar-refractivity contribution in [3.05, 3.63) is 35.1 Å². The lowest BCUT2D eigenvalue weighted by atomic mass is 9.94. The zero-order valence-electron chi connectivity index (χ0n) is 7.26. The Bertz CT molecular complexity index is 314. The summed E-state index contributed by atoms with van der Waals surface area (Å²) in [7, 11) is 0. The number of rotatable bonds is 1. The Balaban J connectivity index is 2.45. The third-order valence-corrected chi connectivity index (χ3v) is 2.48. The average molecular weight is 181 g/mol. The molecule has 2 nitrogen and oxygen atoms in total. The van der Waals surface area contributed by atoms with Gasteiger partial charge in [0.15, 0.2) is 0 Å². The number of nitrogens with one attached hydrogen (secondary N) is 1. The van der Waals surface area contributed by atoms with Crippen molar-refractivity contribution in [2.45, 2.75) is 12.5 Å². The second kappa shape index (κ2) is 3.44. The Morgan fingerprint density at radius 3 is 3.15 bits per heavy atom. The summed E-state index contributed by atoms with van der Waals surface area (Å²) in [5, 5.41) is 12.2. The summed E-state index contributed by atoms with van der Waals surface area (Å²) in [5.41, 5.74) is 1.65. The fourth-order valence-electron chi connectivity index (χ4n) is 1.81. The lowest BCUT2D eigenvalue weighted by molar-refractivity contribution is 0.239. The van der Waals surface area contributed by atoms with Gasteiger partial charge < -0.3 is 10.4 Å². The van der Waals surface area contributed by atoms with E-state index in [9.17, 15) is 4.39 Å². The van der Waals surface area contributed by atoms with E-state index in [-0.39, 0.29) is 18.5 Å². The molecule has 1 heterocycles. The van der Waals surface area contributed by atoms with Crippen molar-refractivity contribution in [2.75, 3.05) is 13.2 Å². The molecule has 1 aliphatic heterocycles. The third-order valence-electron chi connectivity index (χ3n) is 2.48. The van der Waals surface area contributed by atoms with Crippen molar-refractivity contribution in [3.8, 4) is 0 Å². The van der Waals surface area contributed by atoms with E-state index in [1.54, 1.807) is 6.07 Å². The van der Waals surface area contributed by atoms with Crippen LogP contribution >= 0.6 is 0 Å². The van der Waals surface area contributed by atoms with Gasteiger partial charge in [0.05, 0.1) is 12.6 Å². The summed E-state index contributed by atoms with van der Waals surface area (Å²) < 4.78 is 13.3. The fraction of sp³-hybridized carbons (Fsp3) is 0.400. The number of hydrogen-bond donors (Lipinski definition) is 2. The van der Waals surface area contributed by atoms with Crippen molar-refractivity contribution in [1.29, 1.82) is 0 Å². The van der Waals surface area contributed by atoms with Crippen molar-refractivity contribution in [3.63, 3.8) is 0 Å². The van der Waals surface area contributed by atoms with Gasteiger partial charge in [-0.3, -0.25) is 0 Å². The van der Waals surface area contributed by atoms with Gasteiger partial charge in [0.2, 0.25) is 0 Å². The molecule has 0 radical (unpaired) electrons. The van der Waals surface area contributed by atoms with E-state index < -0.39 is 0 Å². The molecule has 0 saturated heterocycles. The molecular weight excluding hydrogens is 169 g/mol. The van der Waals surface area contributed by atoms with Crippen LogP contribution in [0, 0.1) is 5.82 Å². The Morgan fingerprint density at radius 2 is 2.38 bits per heavy atom. The van der Waals surface area contributed by atoms with Crippen LogP contribution in [-0.2, 0) is 6.42 Å². The summed E-state index contributed by atoms with van der Waals surface area (Å²) in [4.78, 5) is 0. The van der Waals surface area contributed by atoms with Crippen LogP contribution < -0.4 is 5.32 Å². The van der Waals surface area contributed by atoms with Crippen molar-refractivity contribution in [1.82, 2.24) is 5.32 Å². The highest BCUT2D eigenvalue weighted by Crippen LogP contribution is 2.24. The van der Waals surface area contributed by atoms with E-state index in [1.165, 1.54) is 6.07 Å². The van der Waals surface area contributed by atoms with Gasteiger partial charge in [0.1, 0.15) is 5.82 Å². The normalized spacial score (nSPS) is 21.2. The molecule has 1 atom stereocenters. The average Bonchev–Trinajstić information content (AvgIpc) is 2.18. The van der Waals surface area contributed by atoms with Gasteiger partial charge in [-0.25, -0.2) is 4.39 Å². The first-order valence-electron chi connectivity index (χ1n) is 4.44. The first-order chi connectivity index (χ1) is 6.33. The SMILES string of the molecule is OC[C@@H]1NCCc2c(F)cccc21. The fourth-order valence-corrected chi connectivity index (χ4v) is 1.81. The highest BCUT2D eigenvalue weighted by molar-refractivity contribution is 5.33. The van der Waals surface area contributed by atoms with Crippen LogP contribution in [0.25, 0.3) is 0 Å². The van der Waals surface area contributed by atoms with E-state index >= 15 is 0 Å². The summed E-state index contributed by atoms with van der Waals surface area (Å²) in [6, 6.07) is 4.92. The molecule has 0 aliphatic carbocycles. The van der Waals surface area contributed by atoms with Crippen LogP contribution in [0.5, 0.6) is 0 Å². The van der Waals surface area contributed by atoms with Crippen LogP contribution in [0.2, 0.25) is 0 Å². The minimum atomic E-state index is -0.155. The van der Waals surface area contributed by atoms with Crippen molar-refractivity contribution in [2.24, 2.45) is 0 Å². The lowest BCUT2D eigenvalue weighted by Crippen LogP contribution is -2.32. The van der Waals surface area contributed by atoms with Gasteiger partial charge in [0, 0.05) is 0 Å². The number of hydrogen-bond acceptors (Lipinski definition) is 2. The summed E-state index contributed by atoms with van der Waals surface area (Å²) >= 11 is 0.